The Morgan fingerprint density at radius 1 is 1.40 bits per heavy atom. The smallest absolute Gasteiger partial charge is 0.306 e. The van der Waals surface area contributed by atoms with Crippen LogP contribution in [0.5, 0.6) is 0 Å². The fraction of sp³-hybridized carbons (Fsp3) is 0.700. The number of amides is 2. The molecular formula is C10H15NO4. The topological polar surface area (TPSA) is 74.7 Å². The molecule has 15 heavy (non-hydrogen) atoms. The van der Waals surface area contributed by atoms with Crippen LogP contribution in [-0.2, 0) is 14.4 Å². The maximum Gasteiger partial charge on any atom is 0.306 e. The van der Waals surface area contributed by atoms with Gasteiger partial charge in [-0.05, 0) is 12.8 Å². The van der Waals surface area contributed by atoms with Crippen molar-refractivity contribution in [2.24, 2.45) is 5.92 Å². The maximum atomic E-state index is 11.3. The van der Waals surface area contributed by atoms with Crippen molar-refractivity contribution in [3.63, 3.8) is 0 Å². The minimum Gasteiger partial charge on any atom is -0.481 e. The summed E-state index contributed by atoms with van der Waals surface area (Å²) in [5.41, 5.74) is 0. The summed E-state index contributed by atoms with van der Waals surface area (Å²) < 4.78 is 0. The molecule has 0 saturated carbocycles. The first-order valence-corrected chi connectivity index (χ1v) is 5.08. The Morgan fingerprint density at radius 2 is 1.93 bits per heavy atom. The van der Waals surface area contributed by atoms with Crippen molar-refractivity contribution < 1.29 is 19.5 Å². The van der Waals surface area contributed by atoms with E-state index in [1.54, 1.807) is 6.92 Å². The van der Waals surface area contributed by atoms with E-state index in [9.17, 15) is 14.4 Å². The molecular weight excluding hydrogens is 198 g/mol. The van der Waals surface area contributed by atoms with Gasteiger partial charge < -0.3 is 5.11 Å². The average Bonchev–Trinajstić information content (AvgIpc) is 2.16. The zero-order valence-electron chi connectivity index (χ0n) is 8.73. The van der Waals surface area contributed by atoms with E-state index in [4.69, 9.17) is 5.11 Å². The van der Waals surface area contributed by atoms with Crippen LogP contribution in [0.1, 0.15) is 32.6 Å². The molecule has 1 aliphatic heterocycles. The summed E-state index contributed by atoms with van der Waals surface area (Å²) in [4.78, 5) is 34.4. The number of carboxylic acids is 1. The highest BCUT2D eigenvalue weighted by Crippen LogP contribution is 2.14. The largest absolute Gasteiger partial charge is 0.481 e. The number of imide groups is 1. The average molecular weight is 213 g/mol. The molecule has 1 fully saturated rings. The van der Waals surface area contributed by atoms with Gasteiger partial charge >= 0.3 is 5.97 Å². The third-order valence-corrected chi connectivity index (χ3v) is 2.59. The SMILES string of the molecule is CC(CCN1C(=O)CCCC1=O)C(=O)O. The first-order chi connectivity index (χ1) is 7.02. The molecule has 1 rings (SSSR count). The molecule has 0 aliphatic carbocycles. The zero-order chi connectivity index (χ0) is 11.4. The molecule has 1 saturated heterocycles. The van der Waals surface area contributed by atoms with E-state index in [2.05, 4.69) is 0 Å². The van der Waals surface area contributed by atoms with Gasteiger partial charge in [0.2, 0.25) is 11.8 Å². The molecule has 1 atom stereocenters. The Balaban J connectivity index is 2.45. The Hall–Kier alpha value is -1.39. The second-order valence-corrected chi connectivity index (χ2v) is 3.82. The molecule has 0 spiro atoms. The molecule has 0 radical (unpaired) electrons. The van der Waals surface area contributed by atoms with Crippen LogP contribution in [0.25, 0.3) is 0 Å². The van der Waals surface area contributed by atoms with Gasteiger partial charge in [0.1, 0.15) is 0 Å². The summed E-state index contributed by atoms with van der Waals surface area (Å²) in [6.45, 7) is 1.80. The van der Waals surface area contributed by atoms with E-state index < -0.39 is 11.9 Å². The van der Waals surface area contributed by atoms with E-state index in [1.165, 1.54) is 4.90 Å². The fourth-order valence-electron chi connectivity index (χ4n) is 1.50. The minimum absolute atomic E-state index is 0.177. The number of carbonyl (C=O) groups is 3. The van der Waals surface area contributed by atoms with Crippen LogP contribution >= 0.6 is 0 Å². The first kappa shape index (κ1) is 11.7. The van der Waals surface area contributed by atoms with Crippen molar-refractivity contribution in [1.82, 2.24) is 4.90 Å². The molecule has 0 aromatic carbocycles. The van der Waals surface area contributed by atoms with Crippen molar-refractivity contribution >= 4 is 17.8 Å². The maximum absolute atomic E-state index is 11.3. The van der Waals surface area contributed by atoms with E-state index in [1.807, 2.05) is 0 Å². The summed E-state index contributed by atoms with van der Waals surface area (Å²) in [5.74, 6) is -1.77. The normalized spacial score (nSPS) is 19.1. The van der Waals surface area contributed by atoms with Crippen LogP contribution in [0.15, 0.2) is 0 Å². The number of carbonyl (C=O) groups excluding carboxylic acids is 2. The van der Waals surface area contributed by atoms with Crippen LogP contribution < -0.4 is 0 Å². The Morgan fingerprint density at radius 3 is 2.40 bits per heavy atom. The molecule has 0 aromatic heterocycles. The third kappa shape index (κ3) is 3.04. The van der Waals surface area contributed by atoms with Gasteiger partial charge in [0.05, 0.1) is 5.92 Å². The van der Waals surface area contributed by atoms with Crippen LogP contribution in [0, 0.1) is 5.92 Å². The number of carboxylic acid groups (broad SMARTS) is 1. The van der Waals surface area contributed by atoms with Gasteiger partial charge in [-0.1, -0.05) is 6.92 Å². The van der Waals surface area contributed by atoms with Crippen LogP contribution in [0.2, 0.25) is 0 Å². The molecule has 1 aliphatic rings. The lowest BCUT2D eigenvalue weighted by Crippen LogP contribution is -2.41. The highest BCUT2D eigenvalue weighted by molar-refractivity contribution is 5.97. The van der Waals surface area contributed by atoms with Crippen molar-refractivity contribution in [3.8, 4) is 0 Å². The number of nitrogens with zero attached hydrogens (tertiary/aromatic N) is 1. The predicted octanol–water partition coefficient (Wildman–Crippen LogP) is 0.636. The summed E-state index contributed by atoms with van der Waals surface area (Å²) >= 11 is 0. The Bertz CT molecular complexity index is 271. The van der Waals surface area contributed by atoms with Crippen molar-refractivity contribution in [2.45, 2.75) is 32.6 Å². The highest BCUT2D eigenvalue weighted by atomic mass is 16.4. The Kier molecular flexibility index (Phi) is 3.82. The summed E-state index contributed by atoms with van der Waals surface area (Å²) in [7, 11) is 0. The van der Waals surface area contributed by atoms with Gasteiger partial charge in [-0.15, -0.1) is 0 Å². The lowest BCUT2D eigenvalue weighted by molar-refractivity contribution is -0.150. The molecule has 1 N–H and O–H groups in total. The summed E-state index contributed by atoms with van der Waals surface area (Å²) in [6, 6.07) is 0. The van der Waals surface area contributed by atoms with Crippen molar-refractivity contribution in [3.05, 3.63) is 0 Å². The molecule has 1 heterocycles. The van der Waals surface area contributed by atoms with E-state index in [-0.39, 0.29) is 18.4 Å². The van der Waals surface area contributed by atoms with Gasteiger partial charge in [-0.2, -0.15) is 0 Å². The van der Waals surface area contributed by atoms with Gasteiger partial charge in [-0.25, -0.2) is 0 Å². The number of hydrogen-bond acceptors (Lipinski definition) is 3. The number of aliphatic carboxylic acids is 1. The highest BCUT2D eigenvalue weighted by Gasteiger charge is 2.26. The minimum atomic E-state index is -0.896. The molecule has 1 unspecified atom stereocenters. The second-order valence-electron chi connectivity index (χ2n) is 3.82. The first-order valence-electron chi connectivity index (χ1n) is 5.08. The van der Waals surface area contributed by atoms with Crippen molar-refractivity contribution in [2.75, 3.05) is 6.54 Å². The zero-order valence-corrected chi connectivity index (χ0v) is 8.73. The lowest BCUT2D eigenvalue weighted by atomic mass is 10.1. The second kappa shape index (κ2) is 4.91. The van der Waals surface area contributed by atoms with E-state index in [0.29, 0.717) is 25.7 Å². The monoisotopic (exact) mass is 213 g/mol. The number of rotatable bonds is 4. The molecule has 0 bridgehead atoms. The van der Waals surface area contributed by atoms with Crippen molar-refractivity contribution in [1.29, 1.82) is 0 Å². The molecule has 5 nitrogen and oxygen atoms in total. The number of hydrogen-bond donors (Lipinski definition) is 1. The van der Waals surface area contributed by atoms with E-state index in [0.717, 1.165) is 0 Å². The molecule has 0 aromatic rings. The molecule has 2 amide bonds. The third-order valence-electron chi connectivity index (χ3n) is 2.59. The van der Waals surface area contributed by atoms with Gasteiger partial charge in [0.15, 0.2) is 0 Å². The lowest BCUT2D eigenvalue weighted by Gasteiger charge is -2.25. The van der Waals surface area contributed by atoms with E-state index >= 15 is 0 Å². The van der Waals surface area contributed by atoms with Gasteiger partial charge in [0.25, 0.3) is 0 Å². The van der Waals surface area contributed by atoms with Crippen LogP contribution in [0.4, 0.5) is 0 Å². The summed E-state index contributed by atoms with van der Waals surface area (Å²) in [6.07, 6.45) is 1.73. The van der Waals surface area contributed by atoms with Crippen LogP contribution in [0.3, 0.4) is 0 Å². The molecule has 5 heteroatoms. The fourth-order valence-corrected chi connectivity index (χ4v) is 1.50. The molecule has 84 valence electrons. The quantitative estimate of drug-likeness (QED) is 0.695. The predicted molar refractivity (Wildman–Crippen MR) is 52.0 cm³/mol. The summed E-state index contributed by atoms with van der Waals surface area (Å²) in [5, 5.41) is 8.65. The van der Waals surface area contributed by atoms with Gasteiger partial charge in [0, 0.05) is 19.4 Å². The standard InChI is InChI=1S/C10H15NO4/c1-7(10(14)15)5-6-11-8(12)3-2-4-9(11)13/h7H,2-6H2,1H3,(H,14,15). The van der Waals surface area contributed by atoms with Gasteiger partial charge in [-0.3, -0.25) is 19.3 Å². The van der Waals surface area contributed by atoms with Crippen LogP contribution in [-0.4, -0.2) is 34.3 Å². The number of likely N-dealkylation sites (tertiary alicyclic amines) is 1. The number of piperidine rings is 1. The Labute approximate surface area is 88.1 Å².